The molecule has 482 valence electrons. The Labute approximate surface area is 658 Å². The molecular weight excluding hydrogens is 1360 g/mol. The molecule has 0 spiro atoms. The molecule has 18 aromatic rings. The first-order valence-electron chi connectivity index (χ1n) is 34.3. The van der Waals surface area contributed by atoms with Crippen LogP contribution < -0.4 is 56.3 Å². The summed E-state index contributed by atoms with van der Waals surface area (Å²) < 4.78 is 6.46. The van der Waals surface area contributed by atoms with Crippen molar-refractivity contribution in [2.24, 2.45) is 0 Å². The van der Waals surface area contributed by atoms with Crippen molar-refractivity contribution in [2.75, 3.05) is 4.90 Å². The minimum Gasteiger partial charge on any atom is -1.00 e. The largest absolute Gasteiger partial charge is 1.00 e. The molecule has 16 aromatic carbocycles. The van der Waals surface area contributed by atoms with Gasteiger partial charge in [0.25, 0.3) is 0 Å². The van der Waals surface area contributed by atoms with E-state index in [1.165, 1.54) is 151 Å². The zero-order valence-electron chi connectivity index (χ0n) is 57.5. The number of rotatable bonds is 13. The van der Waals surface area contributed by atoms with Crippen LogP contribution in [0.1, 0.15) is 12.6 Å². The van der Waals surface area contributed by atoms with Crippen LogP contribution in [0.5, 0.6) is 0 Å². The van der Waals surface area contributed by atoms with Crippen LogP contribution in [0.3, 0.4) is 0 Å². The van der Waals surface area contributed by atoms with Gasteiger partial charge in [0, 0.05) is 51.5 Å². The summed E-state index contributed by atoms with van der Waals surface area (Å²) in [6.45, 7) is 0. The van der Waals surface area contributed by atoms with Crippen LogP contribution in [0.4, 0.5) is 17.1 Å². The number of nitrogens with zero attached hydrogens (tertiary/aromatic N) is 1. The minimum atomic E-state index is 0. The first-order chi connectivity index (χ1) is 50.0. The zero-order chi connectivity index (χ0) is 67.7. The summed E-state index contributed by atoms with van der Waals surface area (Å²) in [4.78, 5) is 2.45. The molecule has 102 heavy (non-hydrogen) atoms. The fourth-order valence-corrected chi connectivity index (χ4v) is 16.9. The van der Waals surface area contributed by atoms with Crippen LogP contribution >= 0.6 is 38.6 Å². The van der Waals surface area contributed by atoms with Gasteiger partial charge in [-0.25, -0.2) is 0 Å². The van der Waals surface area contributed by atoms with Gasteiger partial charge < -0.3 is 6.33 Å². The Kier molecular flexibility index (Phi) is 21.1. The van der Waals surface area contributed by atoms with E-state index in [2.05, 4.69) is 421 Å². The molecule has 5 heteroatoms. The number of halogens is 1. The van der Waals surface area contributed by atoms with Gasteiger partial charge in [0.1, 0.15) is 0 Å². The Morgan fingerprint density at radius 2 is 0.510 bits per heavy atom. The molecule has 0 amide bonds. The van der Waals surface area contributed by atoms with Crippen LogP contribution in [0.15, 0.2) is 405 Å². The molecular formula is C97H69BrKNS2. The first-order valence-corrected chi connectivity index (χ1v) is 36.7. The van der Waals surface area contributed by atoms with E-state index in [0.717, 1.165) is 17.8 Å². The molecule has 18 rings (SSSR count). The predicted molar refractivity (Wildman–Crippen MR) is 441 cm³/mol. The van der Waals surface area contributed by atoms with E-state index in [1.54, 1.807) is 0 Å². The molecule has 0 N–H and O–H groups in total. The van der Waals surface area contributed by atoms with Crippen LogP contribution in [0.2, 0.25) is 0 Å². The minimum absolute atomic E-state index is 0. The van der Waals surface area contributed by atoms with Crippen LogP contribution in [-0.2, 0) is 6.42 Å². The molecule has 2 aromatic heterocycles. The summed E-state index contributed by atoms with van der Waals surface area (Å²) in [6, 6.07) is 144. The summed E-state index contributed by atoms with van der Waals surface area (Å²) >= 11 is 7.29. The topological polar surface area (TPSA) is 3.24 Å². The number of hydrogen-bond donors (Lipinski definition) is 0. The number of thiophene rings is 2. The summed E-state index contributed by atoms with van der Waals surface area (Å²) in [5.41, 5.74) is 25.7. The van der Waals surface area contributed by atoms with Crippen LogP contribution in [-0.4, -0.2) is 0 Å². The van der Waals surface area contributed by atoms with E-state index in [9.17, 15) is 0 Å². The maximum Gasteiger partial charge on any atom is 1.00 e. The summed E-state index contributed by atoms with van der Waals surface area (Å²) in [7, 11) is 0. The second kappa shape index (κ2) is 31.8. The van der Waals surface area contributed by atoms with Crippen molar-refractivity contribution in [1.29, 1.82) is 0 Å². The van der Waals surface area contributed by atoms with Crippen molar-refractivity contribution >= 4 is 96.0 Å². The molecule has 0 atom stereocenters. The van der Waals surface area contributed by atoms with Crippen LogP contribution in [0, 0.1) is 0 Å². The first kappa shape index (κ1) is 67.7. The molecule has 0 aliphatic carbocycles. The molecule has 0 saturated heterocycles. The summed E-state index contributed by atoms with van der Waals surface area (Å²) in [5, 5.41) is 5.28. The number of fused-ring (bicyclic) bond motifs is 6. The third kappa shape index (κ3) is 14.7. The van der Waals surface area contributed by atoms with Gasteiger partial charge in [-0.2, -0.15) is 0 Å². The Balaban J connectivity index is 0.000000148. The SMILES string of the molecule is Brc1cccc2c1sc1ccccc12.[H-].[K+].c1ccc(-c2ccccc2-c2cccc(Cc3cccc(-c4ccccc4-c4ccccc4)c3)c2)cc1.c1ccc(-c2ccccc2-c2cccc(N(c3cccc(-c4ccccc4-c4ccccc4)c3)c3cccc4c3sc3ccccc34)c2)cc1. The number of hydrogen-bond acceptors (Lipinski definition) is 3. The van der Waals surface area contributed by atoms with E-state index in [0.29, 0.717) is 0 Å². The Bertz CT molecular complexity index is 5660. The predicted octanol–water partition coefficient (Wildman–Crippen LogP) is 26.1. The van der Waals surface area contributed by atoms with Gasteiger partial charge in [0.2, 0.25) is 0 Å². The van der Waals surface area contributed by atoms with Gasteiger partial charge in [-0.05, 0) is 171 Å². The average molecular weight is 1430 g/mol. The third-order valence-corrected chi connectivity index (χ3v) is 22.1. The number of benzene rings is 16. The van der Waals surface area contributed by atoms with Gasteiger partial charge in [-0.15, -0.1) is 22.7 Å². The quantitative estimate of drug-likeness (QED) is 0.104. The molecule has 0 fully saturated rings. The maximum atomic E-state index is 3.59. The molecule has 0 saturated carbocycles. The third-order valence-electron chi connectivity index (χ3n) is 18.7. The fraction of sp³-hybridized carbons (Fsp3) is 0.0103. The monoisotopic (exact) mass is 1430 g/mol. The Morgan fingerprint density at radius 1 is 0.235 bits per heavy atom. The average Bonchev–Trinajstić information content (AvgIpc) is 1.75. The van der Waals surface area contributed by atoms with E-state index in [4.69, 9.17) is 0 Å². The standard InChI is InChI=1S/C48H33NS.C37H28.C12H7BrS.K.H/c1-3-16-34(17-4-1)40-24-7-9-26-42(40)36-20-13-22-38(32-36)49(46-30-15-29-45-44-28-11-12-31-47(44)50-48(45)46)39-23-14-21-37(33-39)43-27-10-8-25-41(43)35-18-5-2-6-19-35;1-3-15-30(16-4-1)34-21-7-9-23-36(34)32-19-11-13-28(26-32)25-29-14-12-20-33(27-29)37-24-10-8-22-35(37)31-17-5-2-6-18-31;13-10-6-3-5-9-8-4-1-2-7-11(8)14-12(9)10;;/h1-33H;1-24,26-27H,25H2;1-7H;;/q;;;+1;-1. The van der Waals surface area contributed by atoms with Gasteiger partial charge in [0.05, 0.1) is 10.4 Å². The van der Waals surface area contributed by atoms with Gasteiger partial charge in [-0.3, -0.25) is 0 Å². The number of anilines is 3. The van der Waals surface area contributed by atoms with E-state index < -0.39 is 0 Å². The maximum absolute atomic E-state index is 3.59. The second-order valence-electron chi connectivity index (χ2n) is 25.1. The van der Waals surface area contributed by atoms with Crippen molar-refractivity contribution in [3.05, 3.63) is 416 Å². The fourth-order valence-electron chi connectivity index (χ4n) is 14.0. The van der Waals surface area contributed by atoms with Crippen molar-refractivity contribution < 1.29 is 52.8 Å². The van der Waals surface area contributed by atoms with Gasteiger partial charge in [0.15, 0.2) is 0 Å². The summed E-state index contributed by atoms with van der Waals surface area (Å²) in [6.07, 6.45) is 0.892. The van der Waals surface area contributed by atoms with Crippen molar-refractivity contribution in [3.8, 4) is 89.0 Å². The van der Waals surface area contributed by atoms with E-state index in [1.807, 2.05) is 22.7 Å². The molecule has 2 heterocycles. The second-order valence-corrected chi connectivity index (χ2v) is 28.1. The summed E-state index contributed by atoms with van der Waals surface area (Å²) in [5.74, 6) is 0. The van der Waals surface area contributed by atoms with E-state index in [-0.39, 0.29) is 52.8 Å². The molecule has 0 aliphatic rings. The Morgan fingerprint density at radius 3 is 0.902 bits per heavy atom. The smallest absolute Gasteiger partial charge is 1.00 e. The molecule has 0 aliphatic heterocycles. The molecule has 0 bridgehead atoms. The van der Waals surface area contributed by atoms with Crippen LogP contribution in [0.25, 0.3) is 129 Å². The normalized spacial score (nSPS) is 11.0. The molecule has 0 unspecified atom stereocenters. The molecule has 1 nitrogen and oxygen atoms in total. The van der Waals surface area contributed by atoms with Gasteiger partial charge >= 0.3 is 51.4 Å². The molecule has 0 radical (unpaired) electrons. The van der Waals surface area contributed by atoms with Gasteiger partial charge in [-0.1, -0.05) is 352 Å². The zero-order valence-corrected chi connectivity index (χ0v) is 62.8. The van der Waals surface area contributed by atoms with Crippen molar-refractivity contribution in [1.82, 2.24) is 0 Å². The Hall–Kier alpha value is -10.1. The van der Waals surface area contributed by atoms with E-state index >= 15 is 0 Å². The van der Waals surface area contributed by atoms with Crippen molar-refractivity contribution in [2.45, 2.75) is 6.42 Å². The van der Waals surface area contributed by atoms with Crippen molar-refractivity contribution in [3.63, 3.8) is 0 Å².